The van der Waals surface area contributed by atoms with E-state index in [1.54, 1.807) is 0 Å². The Morgan fingerprint density at radius 2 is 2.06 bits per heavy atom. The van der Waals surface area contributed by atoms with Gasteiger partial charge in [-0.15, -0.1) is 0 Å². The van der Waals surface area contributed by atoms with E-state index in [0.29, 0.717) is 6.07 Å². The summed E-state index contributed by atoms with van der Waals surface area (Å²) < 4.78 is 53.9. The van der Waals surface area contributed by atoms with Gasteiger partial charge < -0.3 is 4.74 Å². The van der Waals surface area contributed by atoms with Crippen LogP contribution in [0, 0.1) is 15.9 Å². The minimum atomic E-state index is -4.25. The molecule has 0 unspecified atom stereocenters. The van der Waals surface area contributed by atoms with Gasteiger partial charge in [-0.25, -0.2) is 4.39 Å². The molecule has 1 rings (SSSR count). The Morgan fingerprint density at radius 3 is 2.53 bits per heavy atom. The second kappa shape index (κ2) is 4.86. The van der Waals surface area contributed by atoms with Crippen LogP contribution in [0.4, 0.5) is 23.2 Å². The van der Waals surface area contributed by atoms with Crippen LogP contribution in [0.3, 0.4) is 0 Å². The number of hydrogen-bond acceptors (Lipinski definition) is 3. The summed E-state index contributed by atoms with van der Waals surface area (Å²) in [5.41, 5.74) is -1.28. The van der Waals surface area contributed by atoms with Gasteiger partial charge >= 0.3 is 11.8 Å². The molecule has 0 fully saturated rings. The highest BCUT2D eigenvalue weighted by Crippen LogP contribution is 2.36. The molecule has 94 valence electrons. The molecule has 0 saturated heterocycles. The third-order valence-electron chi connectivity index (χ3n) is 1.59. The Kier molecular flexibility index (Phi) is 3.91. The SMILES string of the molecule is O=[N+]([O-])c1c(F)cc(Br)cc1OC(F)(F)CF. The van der Waals surface area contributed by atoms with Crippen LogP contribution >= 0.6 is 15.9 Å². The third-order valence-corrected chi connectivity index (χ3v) is 2.05. The Morgan fingerprint density at radius 1 is 1.47 bits per heavy atom. The molecule has 0 heterocycles. The Balaban J connectivity index is 3.26. The molecule has 17 heavy (non-hydrogen) atoms. The maximum Gasteiger partial charge on any atom is 0.427 e. The van der Waals surface area contributed by atoms with Gasteiger partial charge in [0.25, 0.3) is 0 Å². The Bertz CT molecular complexity index is 455. The smallest absolute Gasteiger partial charge is 0.423 e. The summed E-state index contributed by atoms with van der Waals surface area (Å²) in [7, 11) is 0. The maximum absolute atomic E-state index is 13.2. The molecule has 0 spiro atoms. The van der Waals surface area contributed by atoms with Crippen LogP contribution in [0.1, 0.15) is 0 Å². The second-order valence-electron chi connectivity index (χ2n) is 2.86. The van der Waals surface area contributed by atoms with E-state index >= 15 is 0 Å². The van der Waals surface area contributed by atoms with Crippen LogP contribution in [-0.2, 0) is 0 Å². The van der Waals surface area contributed by atoms with Crippen molar-refractivity contribution < 1.29 is 27.2 Å². The number of nitro groups is 1. The first kappa shape index (κ1) is 13.7. The highest BCUT2D eigenvalue weighted by molar-refractivity contribution is 9.10. The topological polar surface area (TPSA) is 52.4 Å². The van der Waals surface area contributed by atoms with E-state index in [-0.39, 0.29) is 4.47 Å². The highest BCUT2D eigenvalue weighted by atomic mass is 79.9. The van der Waals surface area contributed by atoms with Crippen LogP contribution in [0.15, 0.2) is 16.6 Å². The molecule has 0 atom stereocenters. The molecular formula is C8H4BrF4NO3. The van der Waals surface area contributed by atoms with Crippen LogP contribution in [-0.4, -0.2) is 17.7 Å². The van der Waals surface area contributed by atoms with Crippen molar-refractivity contribution in [2.45, 2.75) is 6.11 Å². The summed E-state index contributed by atoms with van der Waals surface area (Å²) in [5, 5.41) is 10.5. The lowest BCUT2D eigenvalue weighted by atomic mass is 10.3. The monoisotopic (exact) mass is 317 g/mol. The van der Waals surface area contributed by atoms with Crippen molar-refractivity contribution in [3.8, 4) is 5.75 Å². The number of halogens is 5. The zero-order valence-corrected chi connectivity index (χ0v) is 9.51. The third kappa shape index (κ3) is 3.29. The van der Waals surface area contributed by atoms with E-state index < -0.39 is 35.0 Å². The standard InChI is InChI=1S/C8H4BrF4NO3/c9-4-1-5(11)7(14(15)16)6(2-4)17-8(12,13)3-10/h1-2H,3H2. The zero-order chi connectivity index (χ0) is 13.2. The highest BCUT2D eigenvalue weighted by Gasteiger charge is 2.36. The number of alkyl halides is 3. The molecule has 0 aliphatic carbocycles. The molecule has 0 aromatic heterocycles. The molecule has 9 heteroatoms. The lowest BCUT2D eigenvalue weighted by Crippen LogP contribution is -2.27. The average molecular weight is 318 g/mol. The van der Waals surface area contributed by atoms with Gasteiger partial charge in [0.15, 0.2) is 6.67 Å². The fraction of sp³-hybridized carbons (Fsp3) is 0.250. The Labute approximate surface area is 100 Å². The van der Waals surface area contributed by atoms with Gasteiger partial charge in [0.05, 0.1) is 4.92 Å². The molecule has 0 aliphatic heterocycles. The van der Waals surface area contributed by atoms with Crippen molar-refractivity contribution in [3.05, 3.63) is 32.5 Å². The first-order valence-electron chi connectivity index (χ1n) is 4.03. The molecule has 4 nitrogen and oxygen atoms in total. The Hall–Kier alpha value is -1.38. The molecule has 0 radical (unpaired) electrons. The summed E-state index contributed by atoms with van der Waals surface area (Å²) in [6, 6.07) is 1.46. The molecule has 1 aromatic carbocycles. The number of nitrogens with zero attached hydrogens (tertiary/aromatic N) is 1. The second-order valence-corrected chi connectivity index (χ2v) is 3.78. The molecular weight excluding hydrogens is 314 g/mol. The fourth-order valence-corrected chi connectivity index (χ4v) is 1.39. The summed E-state index contributed by atoms with van der Waals surface area (Å²) in [6.07, 6.45) is -4.25. The summed E-state index contributed by atoms with van der Waals surface area (Å²) >= 11 is 2.74. The van der Waals surface area contributed by atoms with Gasteiger partial charge in [0.1, 0.15) is 0 Å². The van der Waals surface area contributed by atoms with Crippen LogP contribution in [0.5, 0.6) is 5.75 Å². The zero-order valence-electron chi connectivity index (χ0n) is 7.92. The molecule has 1 aromatic rings. The van der Waals surface area contributed by atoms with Gasteiger partial charge in [-0.2, -0.15) is 13.2 Å². The van der Waals surface area contributed by atoms with Gasteiger partial charge in [-0.1, -0.05) is 15.9 Å². The van der Waals surface area contributed by atoms with E-state index in [1.807, 2.05) is 0 Å². The van der Waals surface area contributed by atoms with Crippen molar-refractivity contribution >= 4 is 21.6 Å². The number of rotatable bonds is 4. The van der Waals surface area contributed by atoms with Gasteiger partial charge in [0.2, 0.25) is 11.6 Å². The predicted octanol–water partition coefficient (Wildman–Crippen LogP) is 3.44. The van der Waals surface area contributed by atoms with Crippen molar-refractivity contribution in [2.75, 3.05) is 6.67 Å². The summed E-state index contributed by atoms with van der Waals surface area (Å²) in [4.78, 5) is 9.23. The van der Waals surface area contributed by atoms with E-state index in [4.69, 9.17) is 0 Å². The maximum atomic E-state index is 13.2. The molecule has 0 bridgehead atoms. The van der Waals surface area contributed by atoms with E-state index in [1.165, 1.54) is 0 Å². The largest absolute Gasteiger partial charge is 0.427 e. The summed E-state index contributed by atoms with van der Waals surface area (Å²) in [5.74, 6) is -2.42. The minimum Gasteiger partial charge on any atom is -0.423 e. The van der Waals surface area contributed by atoms with Crippen LogP contribution in [0.25, 0.3) is 0 Å². The van der Waals surface area contributed by atoms with Crippen molar-refractivity contribution in [1.29, 1.82) is 0 Å². The number of benzene rings is 1. The molecule has 0 aliphatic rings. The average Bonchev–Trinajstić information content (AvgIpc) is 2.14. The van der Waals surface area contributed by atoms with Crippen LogP contribution in [0.2, 0.25) is 0 Å². The van der Waals surface area contributed by atoms with Crippen molar-refractivity contribution in [2.24, 2.45) is 0 Å². The van der Waals surface area contributed by atoms with E-state index in [0.717, 1.165) is 6.07 Å². The van der Waals surface area contributed by atoms with Crippen molar-refractivity contribution in [3.63, 3.8) is 0 Å². The molecule has 0 N–H and O–H groups in total. The van der Waals surface area contributed by atoms with Gasteiger partial charge in [-0.05, 0) is 6.07 Å². The minimum absolute atomic E-state index is 0.0507. The molecule has 0 saturated carbocycles. The first-order valence-corrected chi connectivity index (χ1v) is 4.82. The lowest BCUT2D eigenvalue weighted by Gasteiger charge is -2.14. The van der Waals surface area contributed by atoms with E-state index in [2.05, 4.69) is 20.7 Å². The van der Waals surface area contributed by atoms with E-state index in [9.17, 15) is 27.7 Å². The van der Waals surface area contributed by atoms with Crippen LogP contribution < -0.4 is 4.74 Å². The fourth-order valence-electron chi connectivity index (χ4n) is 0.986. The van der Waals surface area contributed by atoms with Gasteiger partial charge in [0, 0.05) is 10.5 Å². The van der Waals surface area contributed by atoms with Gasteiger partial charge in [-0.3, -0.25) is 10.1 Å². The quantitative estimate of drug-likeness (QED) is 0.485. The predicted molar refractivity (Wildman–Crippen MR) is 52.3 cm³/mol. The number of hydrogen-bond donors (Lipinski definition) is 0. The normalized spacial score (nSPS) is 11.4. The first-order chi connectivity index (χ1) is 7.76. The van der Waals surface area contributed by atoms with Crippen molar-refractivity contribution in [1.82, 2.24) is 0 Å². The number of ether oxygens (including phenoxy) is 1. The molecule has 0 amide bonds. The lowest BCUT2D eigenvalue weighted by molar-refractivity contribution is -0.390. The number of nitro benzene ring substituents is 1. The summed E-state index contributed by atoms with van der Waals surface area (Å²) in [6.45, 7) is -2.18.